The first-order valence-corrected chi connectivity index (χ1v) is 7.93. The van der Waals surface area contributed by atoms with Crippen LogP contribution in [0.5, 0.6) is 0 Å². The SMILES string of the molecule is CCC(CC)N(Cc1ccc(C(=O)OC)cc1)CC(C)C. The number of hydrogen-bond donors (Lipinski definition) is 0. The van der Waals surface area contributed by atoms with Crippen molar-refractivity contribution in [2.24, 2.45) is 5.92 Å². The van der Waals surface area contributed by atoms with E-state index in [1.54, 1.807) is 0 Å². The van der Waals surface area contributed by atoms with E-state index in [2.05, 4.69) is 32.6 Å². The van der Waals surface area contributed by atoms with E-state index in [0.29, 0.717) is 17.5 Å². The highest BCUT2D eigenvalue weighted by Gasteiger charge is 2.16. The Hall–Kier alpha value is -1.35. The standard InChI is InChI=1S/C18H29NO2/c1-6-17(7-2)19(12-14(3)4)13-15-8-10-16(11-9-15)18(20)21-5/h8-11,14,17H,6-7,12-13H2,1-5H3. The quantitative estimate of drug-likeness (QED) is 0.675. The Kier molecular flexibility index (Phi) is 7.44. The summed E-state index contributed by atoms with van der Waals surface area (Å²) in [6.07, 6.45) is 2.34. The molecule has 118 valence electrons. The lowest BCUT2D eigenvalue weighted by Crippen LogP contribution is -2.36. The summed E-state index contributed by atoms with van der Waals surface area (Å²) in [5.74, 6) is 0.375. The number of carbonyl (C=O) groups excluding carboxylic acids is 1. The van der Waals surface area contributed by atoms with Gasteiger partial charge in [-0.3, -0.25) is 4.90 Å². The Balaban J connectivity index is 2.80. The summed E-state index contributed by atoms with van der Waals surface area (Å²) in [5.41, 5.74) is 1.86. The third-order valence-electron chi connectivity index (χ3n) is 3.82. The second kappa shape index (κ2) is 8.83. The summed E-state index contributed by atoms with van der Waals surface area (Å²) in [5, 5.41) is 0. The van der Waals surface area contributed by atoms with Gasteiger partial charge in [0.2, 0.25) is 0 Å². The van der Waals surface area contributed by atoms with Gasteiger partial charge in [-0.05, 0) is 36.5 Å². The molecule has 1 rings (SSSR count). The van der Waals surface area contributed by atoms with Crippen LogP contribution in [0.4, 0.5) is 0 Å². The number of benzene rings is 1. The van der Waals surface area contributed by atoms with Gasteiger partial charge in [0.25, 0.3) is 0 Å². The van der Waals surface area contributed by atoms with Gasteiger partial charge >= 0.3 is 5.97 Å². The van der Waals surface area contributed by atoms with E-state index >= 15 is 0 Å². The van der Waals surface area contributed by atoms with Crippen LogP contribution in [0.25, 0.3) is 0 Å². The van der Waals surface area contributed by atoms with Crippen LogP contribution in [0.2, 0.25) is 0 Å². The van der Waals surface area contributed by atoms with Gasteiger partial charge in [0.1, 0.15) is 0 Å². The van der Waals surface area contributed by atoms with E-state index in [1.807, 2.05) is 24.3 Å². The Morgan fingerprint density at radius 1 is 1.14 bits per heavy atom. The molecule has 0 atom stereocenters. The molecular weight excluding hydrogens is 262 g/mol. The van der Waals surface area contributed by atoms with Gasteiger partial charge in [0.15, 0.2) is 0 Å². The highest BCUT2D eigenvalue weighted by Crippen LogP contribution is 2.16. The first-order chi connectivity index (χ1) is 10.0. The van der Waals surface area contributed by atoms with E-state index in [0.717, 1.165) is 13.1 Å². The average Bonchev–Trinajstić information content (AvgIpc) is 2.47. The summed E-state index contributed by atoms with van der Waals surface area (Å²) in [6, 6.07) is 8.38. The molecular formula is C18H29NO2. The van der Waals surface area contributed by atoms with Gasteiger partial charge in [-0.2, -0.15) is 0 Å². The number of esters is 1. The topological polar surface area (TPSA) is 29.5 Å². The molecule has 3 heteroatoms. The van der Waals surface area contributed by atoms with Crippen molar-refractivity contribution in [2.45, 2.75) is 53.1 Å². The van der Waals surface area contributed by atoms with Gasteiger partial charge in [-0.15, -0.1) is 0 Å². The van der Waals surface area contributed by atoms with Crippen LogP contribution >= 0.6 is 0 Å². The highest BCUT2D eigenvalue weighted by atomic mass is 16.5. The van der Waals surface area contributed by atoms with Crippen LogP contribution in [-0.2, 0) is 11.3 Å². The predicted octanol–water partition coefficient (Wildman–Crippen LogP) is 4.12. The van der Waals surface area contributed by atoms with Crippen molar-refractivity contribution in [1.29, 1.82) is 0 Å². The number of nitrogens with zero attached hydrogens (tertiary/aromatic N) is 1. The first kappa shape index (κ1) is 17.7. The van der Waals surface area contributed by atoms with E-state index in [-0.39, 0.29) is 5.97 Å². The highest BCUT2D eigenvalue weighted by molar-refractivity contribution is 5.89. The molecule has 0 radical (unpaired) electrons. The zero-order valence-corrected chi connectivity index (χ0v) is 14.1. The van der Waals surface area contributed by atoms with Crippen molar-refractivity contribution < 1.29 is 9.53 Å². The molecule has 1 aromatic rings. The molecule has 3 nitrogen and oxygen atoms in total. The molecule has 21 heavy (non-hydrogen) atoms. The first-order valence-electron chi connectivity index (χ1n) is 7.93. The zero-order chi connectivity index (χ0) is 15.8. The predicted molar refractivity (Wildman–Crippen MR) is 87.4 cm³/mol. The van der Waals surface area contributed by atoms with Crippen molar-refractivity contribution in [3.63, 3.8) is 0 Å². The average molecular weight is 291 g/mol. The smallest absolute Gasteiger partial charge is 0.337 e. The number of ether oxygens (including phenoxy) is 1. The molecule has 0 amide bonds. The fourth-order valence-corrected chi connectivity index (χ4v) is 2.72. The van der Waals surface area contributed by atoms with Crippen molar-refractivity contribution >= 4 is 5.97 Å². The van der Waals surface area contributed by atoms with Crippen LogP contribution in [0.3, 0.4) is 0 Å². The number of rotatable bonds is 8. The lowest BCUT2D eigenvalue weighted by molar-refractivity contribution is 0.0600. The molecule has 0 fully saturated rings. The summed E-state index contributed by atoms with van der Waals surface area (Å²) < 4.78 is 4.73. The van der Waals surface area contributed by atoms with Gasteiger partial charge in [-0.1, -0.05) is 39.8 Å². The maximum atomic E-state index is 11.5. The van der Waals surface area contributed by atoms with E-state index in [4.69, 9.17) is 4.74 Å². The number of carbonyl (C=O) groups is 1. The van der Waals surface area contributed by atoms with E-state index in [1.165, 1.54) is 25.5 Å². The summed E-state index contributed by atoms with van der Waals surface area (Å²) in [7, 11) is 1.41. The second-order valence-electron chi connectivity index (χ2n) is 5.98. The van der Waals surface area contributed by atoms with E-state index < -0.39 is 0 Å². The van der Waals surface area contributed by atoms with Crippen molar-refractivity contribution in [1.82, 2.24) is 4.90 Å². The molecule has 0 saturated carbocycles. The molecule has 0 aliphatic carbocycles. The minimum Gasteiger partial charge on any atom is -0.465 e. The third kappa shape index (κ3) is 5.50. The fraction of sp³-hybridized carbons (Fsp3) is 0.611. The Morgan fingerprint density at radius 3 is 2.14 bits per heavy atom. The molecule has 1 aromatic carbocycles. The monoisotopic (exact) mass is 291 g/mol. The maximum Gasteiger partial charge on any atom is 0.337 e. The molecule has 0 aliphatic heterocycles. The summed E-state index contributed by atoms with van der Waals surface area (Å²) in [4.78, 5) is 14.0. The molecule has 0 bridgehead atoms. The maximum absolute atomic E-state index is 11.5. The van der Waals surface area contributed by atoms with Gasteiger partial charge < -0.3 is 4.74 Å². The van der Waals surface area contributed by atoms with Crippen LogP contribution in [-0.4, -0.2) is 30.6 Å². The van der Waals surface area contributed by atoms with Gasteiger partial charge in [0, 0.05) is 19.1 Å². The van der Waals surface area contributed by atoms with Gasteiger partial charge in [-0.25, -0.2) is 4.79 Å². The molecule has 0 spiro atoms. The summed E-state index contributed by atoms with van der Waals surface area (Å²) in [6.45, 7) is 11.1. The molecule has 0 unspecified atom stereocenters. The van der Waals surface area contributed by atoms with Crippen molar-refractivity contribution in [2.75, 3.05) is 13.7 Å². The minimum absolute atomic E-state index is 0.277. The number of methoxy groups -OCH3 is 1. The zero-order valence-electron chi connectivity index (χ0n) is 14.1. The normalized spacial score (nSPS) is 11.4. The Bertz CT molecular complexity index is 421. The lowest BCUT2D eigenvalue weighted by Gasteiger charge is -2.32. The Labute approximate surface area is 129 Å². The molecule has 0 saturated heterocycles. The minimum atomic E-state index is -0.277. The van der Waals surface area contributed by atoms with Crippen LogP contribution in [0.15, 0.2) is 24.3 Å². The second-order valence-corrected chi connectivity index (χ2v) is 5.98. The molecule has 0 aliphatic rings. The third-order valence-corrected chi connectivity index (χ3v) is 3.82. The molecule has 0 heterocycles. The Morgan fingerprint density at radius 2 is 1.71 bits per heavy atom. The van der Waals surface area contributed by atoms with E-state index in [9.17, 15) is 4.79 Å². The lowest BCUT2D eigenvalue weighted by atomic mass is 10.1. The number of hydrogen-bond acceptors (Lipinski definition) is 3. The fourth-order valence-electron chi connectivity index (χ4n) is 2.72. The largest absolute Gasteiger partial charge is 0.465 e. The van der Waals surface area contributed by atoms with Crippen LogP contribution in [0, 0.1) is 5.92 Å². The van der Waals surface area contributed by atoms with Crippen LogP contribution < -0.4 is 0 Å². The molecule has 0 N–H and O–H groups in total. The summed E-state index contributed by atoms with van der Waals surface area (Å²) >= 11 is 0. The van der Waals surface area contributed by atoms with Crippen molar-refractivity contribution in [3.8, 4) is 0 Å². The molecule has 0 aromatic heterocycles. The van der Waals surface area contributed by atoms with Crippen molar-refractivity contribution in [3.05, 3.63) is 35.4 Å². The van der Waals surface area contributed by atoms with Crippen LogP contribution in [0.1, 0.15) is 56.5 Å². The van der Waals surface area contributed by atoms with Gasteiger partial charge in [0.05, 0.1) is 12.7 Å².